The van der Waals surface area contributed by atoms with Gasteiger partial charge in [-0.3, -0.25) is 4.99 Å². The van der Waals surface area contributed by atoms with E-state index in [1.807, 2.05) is 0 Å². The van der Waals surface area contributed by atoms with Gasteiger partial charge >= 0.3 is 0 Å². The van der Waals surface area contributed by atoms with Crippen molar-refractivity contribution in [2.45, 2.75) is 46.5 Å². The van der Waals surface area contributed by atoms with Crippen molar-refractivity contribution in [1.29, 1.82) is 0 Å². The summed E-state index contributed by atoms with van der Waals surface area (Å²) in [6.07, 6.45) is 5.44. The summed E-state index contributed by atoms with van der Waals surface area (Å²) in [7, 11) is 0. The number of hydrogen-bond acceptors (Lipinski definition) is 1. The Morgan fingerprint density at radius 1 is 1.29 bits per heavy atom. The van der Waals surface area contributed by atoms with Crippen molar-refractivity contribution in [1.82, 2.24) is 0 Å². The maximum atomic E-state index is 5.81. The van der Waals surface area contributed by atoms with Crippen LogP contribution in [0.3, 0.4) is 0 Å². The number of rotatable bonds is 3. The van der Waals surface area contributed by atoms with Crippen molar-refractivity contribution in [3.63, 3.8) is 0 Å². The molecule has 1 aliphatic carbocycles. The second-order valence-electron chi connectivity index (χ2n) is 5.05. The van der Waals surface area contributed by atoms with Gasteiger partial charge in [0.15, 0.2) is 0 Å². The number of nitrogens with two attached hydrogens (primary N) is 1. The van der Waals surface area contributed by atoms with Crippen LogP contribution in [0.1, 0.15) is 46.5 Å². The first-order valence-corrected chi connectivity index (χ1v) is 5.89. The Bertz CT molecular complexity index is 188. The summed E-state index contributed by atoms with van der Waals surface area (Å²) < 4.78 is 0. The fourth-order valence-electron chi connectivity index (χ4n) is 1.93. The minimum atomic E-state index is 0.400. The third-order valence-corrected chi connectivity index (χ3v) is 3.26. The predicted molar refractivity (Wildman–Crippen MR) is 62.4 cm³/mol. The first-order valence-electron chi connectivity index (χ1n) is 5.89. The molecule has 0 heterocycles. The van der Waals surface area contributed by atoms with Gasteiger partial charge < -0.3 is 5.73 Å². The van der Waals surface area contributed by atoms with Crippen molar-refractivity contribution >= 4 is 5.84 Å². The molecule has 0 bridgehead atoms. The van der Waals surface area contributed by atoms with Crippen molar-refractivity contribution in [2.24, 2.45) is 28.5 Å². The van der Waals surface area contributed by atoms with E-state index in [-0.39, 0.29) is 0 Å². The molecule has 0 aromatic carbocycles. The van der Waals surface area contributed by atoms with Crippen molar-refractivity contribution in [3.05, 3.63) is 0 Å². The predicted octanol–water partition coefficient (Wildman–Crippen LogP) is 2.83. The quantitative estimate of drug-likeness (QED) is 0.547. The minimum Gasteiger partial charge on any atom is -0.387 e. The molecule has 0 saturated heterocycles. The van der Waals surface area contributed by atoms with E-state index in [9.17, 15) is 0 Å². The van der Waals surface area contributed by atoms with E-state index in [0.717, 1.165) is 24.2 Å². The topological polar surface area (TPSA) is 38.4 Å². The van der Waals surface area contributed by atoms with Crippen LogP contribution < -0.4 is 5.73 Å². The average molecular weight is 196 g/mol. The van der Waals surface area contributed by atoms with Gasteiger partial charge in [-0.1, -0.05) is 33.6 Å². The molecular weight excluding hydrogens is 172 g/mol. The smallest absolute Gasteiger partial charge is 0.0962 e. The van der Waals surface area contributed by atoms with E-state index in [1.165, 1.54) is 25.7 Å². The Morgan fingerprint density at radius 3 is 2.36 bits per heavy atom. The van der Waals surface area contributed by atoms with Gasteiger partial charge in [-0.2, -0.15) is 0 Å². The van der Waals surface area contributed by atoms with Gasteiger partial charge in [0.25, 0.3) is 0 Å². The van der Waals surface area contributed by atoms with E-state index in [1.54, 1.807) is 0 Å². The molecule has 1 aliphatic rings. The van der Waals surface area contributed by atoms with Crippen LogP contribution in [0, 0.1) is 17.8 Å². The molecule has 2 heteroatoms. The zero-order valence-corrected chi connectivity index (χ0v) is 9.79. The highest BCUT2D eigenvalue weighted by molar-refractivity contribution is 5.82. The highest BCUT2D eigenvalue weighted by Gasteiger charge is 2.17. The van der Waals surface area contributed by atoms with Gasteiger partial charge in [0.1, 0.15) is 0 Å². The molecule has 1 saturated carbocycles. The molecule has 2 nitrogen and oxygen atoms in total. The number of amidine groups is 1. The number of nitrogens with zero attached hydrogens (tertiary/aromatic N) is 1. The first kappa shape index (κ1) is 11.5. The molecule has 0 atom stereocenters. The van der Waals surface area contributed by atoms with Gasteiger partial charge in [-0.05, 0) is 24.7 Å². The fourth-order valence-corrected chi connectivity index (χ4v) is 1.93. The minimum absolute atomic E-state index is 0.400. The SMILES string of the molecule is CC1CCC(CN=C(N)C(C)C)CC1. The molecule has 0 aliphatic heterocycles. The van der Waals surface area contributed by atoms with Gasteiger partial charge in [0.05, 0.1) is 5.84 Å². The van der Waals surface area contributed by atoms with Gasteiger partial charge in [-0.15, -0.1) is 0 Å². The van der Waals surface area contributed by atoms with Crippen LogP contribution >= 0.6 is 0 Å². The molecule has 1 fully saturated rings. The summed E-state index contributed by atoms with van der Waals surface area (Å²) in [6, 6.07) is 0. The highest BCUT2D eigenvalue weighted by Crippen LogP contribution is 2.28. The lowest BCUT2D eigenvalue weighted by molar-refractivity contribution is 0.296. The van der Waals surface area contributed by atoms with Crippen LogP contribution in [0.25, 0.3) is 0 Å². The van der Waals surface area contributed by atoms with Gasteiger partial charge in [-0.25, -0.2) is 0 Å². The van der Waals surface area contributed by atoms with Crippen LogP contribution in [0.5, 0.6) is 0 Å². The summed E-state index contributed by atoms with van der Waals surface area (Å²) >= 11 is 0. The summed E-state index contributed by atoms with van der Waals surface area (Å²) in [5.74, 6) is 2.95. The zero-order valence-electron chi connectivity index (χ0n) is 9.79. The van der Waals surface area contributed by atoms with Crippen LogP contribution in [0.15, 0.2) is 4.99 Å². The zero-order chi connectivity index (χ0) is 10.6. The largest absolute Gasteiger partial charge is 0.387 e. The summed E-state index contributed by atoms with van der Waals surface area (Å²) in [4.78, 5) is 4.47. The van der Waals surface area contributed by atoms with Crippen LogP contribution in [0.4, 0.5) is 0 Å². The first-order chi connectivity index (χ1) is 6.59. The third kappa shape index (κ3) is 3.69. The maximum absolute atomic E-state index is 5.81. The standard InChI is InChI=1S/C12H24N2/c1-9(2)12(13)14-8-11-6-4-10(3)5-7-11/h9-11H,4-8H2,1-3H3,(H2,13,14). The lowest BCUT2D eigenvalue weighted by Crippen LogP contribution is -2.22. The van der Waals surface area contributed by atoms with Crippen molar-refractivity contribution in [2.75, 3.05) is 6.54 Å². The molecule has 0 unspecified atom stereocenters. The normalized spacial score (nSPS) is 29.6. The average Bonchev–Trinajstić information content (AvgIpc) is 2.16. The summed E-state index contributed by atoms with van der Waals surface area (Å²) in [5, 5.41) is 0. The molecule has 14 heavy (non-hydrogen) atoms. The lowest BCUT2D eigenvalue weighted by Gasteiger charge is -2.24. The molecule has 0 radical (unpaired) electrons. The van der Waals surface area contributed by atoms with E-state index in [4.69, 9.17) is 5.73 Å². The number of aliphatic imine (C=N–C) groups is 1. The van der Waals surface area contributed by atoms with Crippen LogP contribution in [0.2, 0.25) is 0 Å². The molecular formula is C12H24N2. The molecule has 0 amide bonds. The van der Waals surface area contributed by atoms with E-state index in [2.05, 4.69) is 25.8 Å². The van der Waals surface area contributed by atoms with Gasteiger partial charge in [0.2, 0.25) is 0 Å². The molecule has 2 N–H and O–H groups in total. The maximum Gasteiger partial charge on any atom is 0.0962 e. The third-order valence-electron chi connectivity index (χ3n) is 3.26. The van der Waals surface area contributed by atoms with Crippen molar-refractivity contribution < 1.29 is 0 Å². The van der Waals surface area contributed by atoms with E-state index < -0.39 is 0 Å². The van der Waals surface area contributed by atoms with Crippen molar-refractivity contribution in [3.8, 4) is 0 Å². The monoisotopic (exact) mass is 196 g/mol. The highest BCUT2D eigenvalue weighted by atomic mass is 14.9. The Hall–Kier alpha value is -0.530. The molecule has 1 rings (SSSR count). The number of hydrogen-bond donors (Lipinski definition) is 1. The van der Waals surface area contributed by atoms with Gasteiger partial charge in [0, 0.05) is 12.5 Å². The molecule has 82 valence electrons. The Morgan fingerprint density at radius 2 is 1.86 bits per heavy atom. The fraction of sp³-hybridized carbons (Fsp3) is 0.917. The summed E-state index contributed by atoms with van der Waals surface area (Å²) in [5.41, 5.74) is 5.81. The summed E-state index contributed by atoms with van der Waals surface area (Å²) in [6.45, 7) is 7.50. The van der Waals surface area contributed by atoms with E-state index >= 15 is 0 Å². The second-order valence-corrected chi connectivity index (χ2v) is 5.05. The molecule has 0 aromatic rings. The Labute approximate surface area is 88.0 Å². The van der Waals surface area contributed by atoms with Crippen LogP contribution in [-0.2, 0) is 0 Å². The Kier molecular flexibility index (Phi) is 4.43. The van der Waals surface area contributed by atoms with E-state index in [0.29, 0.717) is 5.92 Å². The Balaban J connectivity index is 2.28. The second kappa shape index (κ2) is 5.38. The van der Waals surface area contributed by atoms with Crippen LogP contribution in [-0.4, -0.2) is 12.4 Å². The lowest BCUT2D eigenvalue weighted by atomic mass is 9.83. The molecule has 0 spiro atoms. The molecule has 0 aromatic heterocycles.